The molecule has 3 nitrogen and oxygen atoms in total. The lowest BCUT2D eigenvalue weighted by Crippen LogP contribution is -2.50. The van der Waals surface area contributed by atoms with Gasteiger partial charge in [0.2, 0.25) is 0 Å². The van der Waals surface area contributed by atoms with E-state index in [9.17, 15) is 0 Å². The highest BCUT2D eigenvalue weighted by Crippen LogP contribution is 2.27. The summed E-state index contributed by atoms with van der Waals surface area (Å²) >= 11 is 3.53. The molecule has 0 aromatic heterocycles. The molecule has 1 unspecified atom stereocenters. The topological polar surface area (TPSA) is 30.5 Å². The number of ether oxygens (including phenoxy) is 2. The smallest absolute Gasteiger partial charge is 0.122 e. The number of rotatable bonds is 8. The van der Waals surface area contributed by atoms with Crippen molar-refractivity contribution in [1.82, 2.24) is 5.32 Å². The zero-order chi connectivity index (χ0) is 15.2. The van der Waals surface area contributed by atoms with Gasteiger partial charge in [0.1, 0.15) is 5.75 Å². The summed E-state index contributed by atoms with van der Waals surface area (Å²) in [6.45, 7) is 10.0. The fourth-order valence-corrected chi connectivity index (χ4v) is 2.82. The van der Waals surface area contributed by atoms with E-state index in [4.69, 9.17) is 9.47 Å². The Morgan fingerprint density at radius 3 is 2.55 bits per heavy atom. The molecule has 0 bridgehead atoms. The van der Waals surface area contributed by atoms with Gasteiger partial charge in [-0.05, 0) is 57.5 Å². The lowest BCUT2D eigenvalue weighted by molar-refractivity contribution is -0.0377. The second-order valence-corrected chi connectivity index (χ2v) is 6.22. The number of hydrogen-bond donors (Lipinski definition) is 1. The van der Waals surface area contributed by atoms with Crippen LogP contribution in [0.25, 0.3) is 0 Å². The van der Waals surface area contributed by atoms with Crippen LogP contribution in [0.5, 0.6) is 5.75 Å². The summed E-state index contributed by atoms with van der Waals surface area (Å²) in [5.74, 6) is 0.920. The van der Waals surface area contributed by atoms with Crippen LogP contribution in [-0.2, 0) is 11.2 Å². The number of hydrogen-bond acceptors (Lipinski definition) is 3. The summed E-state index contributed by atoms with van der Waals surface area (Å²) in [5, 5.41) is 3.53. The molecule has 0 saturated heterocycles. The predicted octanol–water partition coefficient (Wildman–Crippen LogP) is 3.79. The van der Waals surface area contributed by atoms with Gasteiger partial charge in [0, 0.05) is 17.1 Å². The van der Waals surface area contributed by atoms with Gasteiger partial charge >= 0.3 is 0 Å². The quantitative estimate of drug-likeness (QED) is 0.778. The maximum absolute atomic E-state index is 5.90. The van der Waals surface area contributed by atoms with E-state index in [1.54, 1.807) is 7.11 Å². The van der Waals surface area contributed by atoms with Gasteiger partial charge in [0.25, 0.3) is 0 Å². The van der Waals surface area contributed by atoms with Gasteiger partial charge in [0.05, 0.1) is 12.7 Å². The second kappa shape index (κ2) is 8.01. The van der Waals surface area contributed by atoms with E-state index in [1.807, 2.05) is 19.1 Å². The normalized spacial score (nSPS) is 13.3. The van der Waals surface area contributed by atoms with Gasteiger partial charge in [-0.3, -0.25) is 0 Å². The average molecular weight is 344 g/mol. The first-order chi connectivity index (χ1) is 9.44. The number of halogens is 1. The molecule has 1 aromatic rings. The summed E-state index contributed by atoms with van der Waals surface area (Å²) in [7, 11) is 1.71. The Kier molecular flexibility index (Phi) is 7.00. The van der Waals surface area contributed by atoms with Crippen LogP contribution in [0.2, 0.25) is 0 Å². The van der Waals surface area contributed by atoms with Crippen LogP contribution in [0.4, 0.5) is 0 Å². The molecule has 0 saturated carbocycles. The van der Waals surface area contributed by atoms with Crippen molar-refractivity contribution >= 4 is 15.9 Å². The molecule has 0 heterocycles. The third-order valence-electron chi connectivity index (χ3n) is 3.47. The van der Waals surface area contributed by atoms with Crippen LogP contribution in [-0.4, -0.2) is 31.9 Å². The highest BCUT2D eigenvalue weighted by Gasteiger charge is 2.30. The molecular weight excluding hydrogens is 318 g/mol. The van der Waals surface area contributed by atoms with Gasteiger partial charge < -0.3 is 14.8 Å². The van der Waals surface area contributed by atoms with Gasteiger partial charge in [-0.15, -0.1) is 0 Å². The minimum atomic E-state index is -0.224. The summed E-state index contributed by atoms with van der Waals surface area (Å²) in [6.07, 6.45) is 0.865. The molecule has 4 heteroatoms. The fraction of sp³-hybridized carbons (Fsp3) is 0.625. The van der Waals surface area contributed by atoms with Crippen molar-refractivity contribution in [2.45, 2.75) is 45.8 Å². The zero-order valence-corrected chi connectivity index (χ0v) is 14.7. The standard InChI is InChI=1S/C16H26BrNO2/c1-6-18-15(16(3,4)20-7-2)11-12-10-13(17)8-9-14(12)19-5/h8-10,15,18H,6-7,11H2,1-5H3. The van der Waals surface area contributed by atoms with E-state index in [0.29, 0.717) is 6.61 Å². The van der Waals surface area contributed by atoms with Crippen LogP contribution in [0, 0.1) is 0 Å². The molecule has 1 atom stereocenters. The van der Waals surface area contributed by atoms with E-state index in [-0.39, 0.29) is 11.6 Å². The Morgan fingerprint density at radius 1 is 1.30 bits per heavy atom. The van der Waals surface area contributed by atoms with Crippen LogP contribution in [0.15, 0.2) is 22.7 Å². The molecule has 0 aliphatic heterocycles. The molecule has 20 heavy (non-hydrogen) atoms. The Labute approximate surface area is 131 Å². The van der Waals surface area contributed by atoms with Crippen LogP contribution in [0.1, 0.15) is 33.3 Å². The second-order valence-electron chi connectivity index (χ2n) is 5.31. The molecule has 0 aliphatic carbocycles. The van der Waals surface area contributed by atoms with Gasteiger partial charge in [0.15, 0.2) is 0 Å². The molecule has 0 radical (unpaired) electrons. The Hall–Kier alpha value is -0.580. The summed E-state index contributed by atoms with van der Waals surface area (Å²) in [4.78, 5) is 0. The molecule has 0 amide bonds. The molecule has 1 rings (SSSR count). The summed E-state index contributed by atoms with van der Waals surface area (Å²) in [6, 6.07) is 6.34. The van der Waals surface area contributed by atoms with Crippen molar-refractivity contribution in [2.75, 3.05) is 20.3 Å². The van der Waals surface area contributed by atoms with E-state index >= 15 is 0 Å². The van der Waals surface area contributed by atoms with Gasteiger partial charge in [-0.2, -0.15) is 0 Å². The SMILES string of the molecule is CCNC(Cc1cc(Br)ccc1OC)C(C)(C)OCC. The van der Waals surface area contributed by atoms with Gasteiger partial charge in [-0.25, -0.2) is 0 Å². The van der Waals surface area contributed by atoms with Crippen LogP contribution in [0.3, 0.4) is 0 Å². The van der Waals surface area contributed by atoms with Crippen molar-refractivity contribution in [3.05, 3.63) is 28.2 Å². The molecule has 1 aromatic carbocycles. The predicted molar refractivity (Wildman–Crippen MR) is 87.6 cm³/mol. The maximum atomic E-state index is 5.90. The monoisotopic (exact) mass is 343 g/mol. The van der Waals surface area contributed by atoms with E-state index in [1.165, 1.54) is 5.56 Å². The minimum absolute atomic E-state index is 0.224. The molecule has 0 aliphatic rings. The average Bonchev–Trinajstić information content (AvgIpc) is 2.38. The van der Waals surface area contributed by atoms with E-state index < -0.39 is 0 Å². The Morgan fingerprint density at radius 2 is 2.00 bits per heavy atom. The molecular formula is C16H26BrNO2. The van der Waals surface area contributed by atoms with Crippen molar-refractivity contribution < 1.29 is 9.47 Å². The van der Waals surface area contributed by atoms with Crippen molar-refractivity contribution in [3.63, 3.8) is 0 Å². The summed E-state index contributed by atoms with van der Waals surface area (Å²) in [5.41, 5.74) is 0.957. The largest absolute Gasteiger partial charge is 0.496 e. The first kappa shape index (κ1) is 17.5. The van der Waals surface area contributed by atoms with E-state index in [2.05, 4.69) is 48.1 Å². The Balaban J connectivity index is 2.98. The number of likely N-dealkylation sites (N-methyl/N-ethyl adjacent to an activating group) is 1. The van der Waals surface area contributed by atoms with Crippen LogP contribution < -0.4 is 10.1 Å². The highest BCUT2D eigenvalue weighted by atomic mass is 79.9. The number of benzene rings is 1. The zero-order valence-electron chi connectivity index (χ0n) is 13.1. The highest BCUT2D eigenvalue weighted by molar-refractivity contribution is 9.10. The third-order valence-corrected chi connectivity index (χ3v) is 3.97. The van der Waals surface area contributed by atoms with Crippen LogP contribution >= 0.6 is 15.9 Å². The first-order valence-electron chi connectivity index (χ1n) is 7.14. The molecule has 0 fully saturated rings. The fourth-order valence-electron chi connectivity index (χ4n) is 2.41. The molecule has 114 valence electrons. The maximum Gasteiger partial charge on any atom is 0.122 e. The number of methoxy groups -OCH3 is 1. The minimum Gasteiger partial charge on any atom is -0.496 e. The lowest BCUT2D eigenvalue weighted by Gasteiger charge is -2.35. The number of nitrogens with one attached hydrogen (secondary N) is 1. The lowest BCUT2D eigenvalue weighted by atomic mass is 9.91. The third kappa shape index (κ3) is 4.76. The Bertz CT molecular complexity index is 421. The van der Waals surface area contributed by atoms with Crippen molar-refractivity contribution in [3.8, 4) is 5.75 Å². The first-order valence-corrected chi connectivity index (χ1v) is 7.93. The summed E-state index contributed by atoms with van der Waals surface area (Å²) < 4.78 is 12.4. The van der Waals surface area contributed by atoms with Crippen molar-refractivity contribution in [1.29, 1.82) is 0 Å². The van der Waals surface area contributed by atoms with Gasteiger partial charge in [-0.1, -0.05) is 22.9 Å². The molecule has 1 N–H and O–H groups in total. The van der Waals surface area contributed by atoms with E-state index in [0.717, 1.165) is 23.2 Å². The molecule has 0 spiro atoms. The van der Waals surface area contributed by atoms with Crippen molar-refractivity contribution in [2.24, 2.45) is 0 Å².